The van der Waals surface area contributed by atoms with E-state index in [0.29, 0.717) is 0 Å². The van der Waals surface area contributed by atoms with Gasteiger partial charge in [-0.25, -0.2) is 0 Å². The lowest BCUT2D eigenvalue weighted by Gasteiger charge is -2.11. The molecule has 9 nitrogen and oxygen atoms in total. The maximum absolute atomic E-state index is 11.4. The number of aliphatic hydroxyl groups is 1. The Labute approximate surface area is 108 Å². The lowest BCUT2D eigenvalue weighted by molar-refractivity contribution is -0.385. The number of H-pyrrole nitrogens is 1. The SMILES string of the molecule is CO.Nc1nc(N[C@H]2C=CCC2)c([N+](=O)[O-])c(=O)[nH]1. The summed E-state index contributed by atoms with van der Waals surface area (Å²) in [6.07, 6.45) is 5.54. The Morgan fingerprint density at radius 3 is 2.84 bits per heavy atom. The van der Waals surface area contributed by atoms with E-state index in [1.807, 2.05) is 12.2 Å². The zero-order valence-electron chi connectivity index (χ0n) is 10.3. The average molecular weight is 269 g/mol. The van der Waals surface area contributed by atoms with E-state index >= 15 is 0 Å². The van der Waals surface area contributed by atoms with Crippen molar-refractivity contribution in [2.75, 3.05) is 18.2 Å². The molecule has 0 amide bonds. The summed E-state index contributed by atoms with van der Waals surface area (Å²) in [6, 6.07) is -0.0533. The molecule has 0 unspecified atom stereocenters. The van der Waals surface area contributed by atoms with Crippen LogP contribution >= 0.6 is 0 Å². The van der Waals surface area contributed by atoms with Crippen LogP contribution in [0.3, 0.4) is 0 Å². The largest absolute Gasteiger partial charge is 0.400 e. The Morgan fingerprint density at radius 2 is 2.32 bits per heavy atom. The molecule has 2 rings (SSSR count). The van der Waals surface area contributed by atoms with Crippen molar-refractivity contribution in [2.45, 2.75) is 18.9 Å². The lowest BCUT2D eigenvalue weighted by atomic mass is 10.2. The fraction of sp³-hybridized carbons (Fsp3) is 0.400. The molecular formula is C10H15N5O4. The minimum atomic E-state index is -0.855. The number of aromatic nitrogens is 2. The van der Waals surface area contributed by atoms with E-state index in [9.17, 15) is 14.9 Å². The number of hydrogen-bond acceptors (Lipinski definition) is 7. The Kier molecular flexibility index (Phi) is 5.01. The van der Waals surface area contributed by atoms with Crippen molar-refractivity contribution in [1.29, 1.82) is 0 Å². The molecule has 0 saturated carbocycles. The first-order valence-corrected chi connectivity index (χ1v) is 5.50. The number of aliphatic hydroxyl groups excluding tert-OH is 1. The van der Waals surface area contributed by atoms with Crippen molar-refractivity contribution in [3.8, 4) is 0 Å². The summed E-state index contributed by atoms with van der Waals surface area (Å²) in [5, 5.41) is 20.6. The van der Waals surface area contributed by atoms with Crippen molar-refractivity contribution < 1.29 is 10.0 Å². The highest BCUT2D eigenvalue weighted by molar-refractivity contribution is 5.57. The summed E-state index contributed by atoms with van der Waals surface area (Å²) in [7, 11) is 1.00. The van der Waals surface area contributed by atoms with Gasteiger partial charge in [0.1, 0.15) is 0 Å². The standard InChI is InChI=1S/C9H11N5O3.CH4O/c10-9-12-7(11-5-3-1-2-4-5)6(14(16)17)8(15)13-9;1-2/h1,3,5H,2,4H2,(H4,10,11,12,13,15);2H,1H3/t5-;/m0./s1. The summed E-state index contributed by atoms with van der Waals surface area (Å²) >= 11 is 0. The molecule has 0 radical (unpaired) electrons. The predicted molar refractivity (Wildman–Crippen MR) is 69.9 cm³/mol. The first kappa shape index (κ1) is 14.6. The third kappa shape index (κ3) is 3.52. The van der Waals surface area contributed by atoms with Gasteiger partial charge in [0.2, 0.25) is 11.8 Å². The maximum atomic E-state index is 11.4. The summed E-state index contributed by atoms with van der Waals surface area (Å²) in [5.41, 5.74) is 3.89. The number of nitro groups is 1. The van der Waals surface area contributed by atoms with E-state index in [2.05, 4.69) is 15.3 Å². The van der Waals surface area contributed by atoms with Crippen LogP contribution in [0.25, 0.3) is 0 Å². The van der Waals surface area contributed by atoms with Gasteiger partial charge >= 0.3 is 11.2 Å². The van der Waals surface area contributed by atoms with Crippen molar-refractivity contribution in [3.63, 3.8) is 0 Å². The molecule has 1 aliphatic carbocycles. The number of rotatable bonds is 3. The fourth-order valence-electron chi connectivity index (χ4n) is 1.68. The molecule has 5 N–H and O–H groups in total. The smallest absolute Gasteiger partial charge is 0.375 e. The molecule has 1 heterocycles. The van der Waals surface area contributed by atoms with Gasteiger partial charge in [-0.1, -0.05) is 12.2 Å². The number of aromatic amines is 1. The number of nitrogens with zero attached hydrogens (tertiary/aromatic N) is 2. The van der Waals surface area contributed by atoms with Crippen molar-refractivity contribution in [1.82, 2.24) is 9.97 Å². The quantitative estimate of drug-likeness (QED) is 0.343. The molecule has 0 fully saturated rings. The molecule has 0 bridgehead atoms. The minimum Gasteiger partial charge on any atom is -0.400 e. The van der Waals surface area contributed by atoms with Gasteiger partial charge in [0.25, 0.3) is 0 Å². The molecule has 0 spiro atoms. The minimum absolute atomic E-state index is 0.0533. The Balaban J connectivity index is 0.000000861. The molecule has 1 aromatic heterocycles. The Morgan fingerprint density at radius 1 is 1.63 bits per heavy atom. The molecular weight excluding hydrogens is 254 g/mol. The summed E-state index contributed by atoms with van der Waals surface area (Å²) < 4.78 is 0. The third-order valence-corrected chi connectivity index (χ3v) is 2.43. The van der Waals surface area contributed by atoms with Gasteiger partial charge in [0, 0.05) is 13.2 Å². The summed E-state index contributed by atoms with van der Waals surface area (Å²) in [5.74, 6) is -0.238. The second-order valence-corrected chi connectivity index (χ2v) is 3.66. The van der Waals surface area contributed by atoms with Gasteiger partial charge in [0.15, 0.2) is 0 Å². The van der Waals surface area contributed by atoms with E-state index in [4.69, 9.17) is 10.8 Å². The number of hydrogen-bond donors (Lipinski definition) is 4. The zero-order valence-corrected chi connectivity index (χ0v) is 10.3. The van der Waals surface area contributed by atoms with Crippen molar-refractivity contribution >= 4 is 17.5 Å². The van der Waals surface area contributed by atoms with Gasteiger partial charge in [0.05, 0.1) is 4.92 Å². The number of nitrogens with two attached hydrogens (primary N) is 1. The van der Waals surface area contributed by atoms with E-state index in [-0.39, 0.29) is 17.8 Å². The lowest BCUT2D eigenvalue weighted by Crippen LogP contribution is -2.22. The van der Waals surface area contributed by atoms with Crippen LogP contribution in [0.15, 0.2) is 16.9 Å². The number of nitrogens with one attached hydrogen (secondary N) is 2. The molecule has 104 valence electrons. The Bertz CT molecular complexity index is 539. The monoisotopic (exact) mass is 269 g/mol. The third-order valence-electron chi connectivity index (χ3n) is 2.43. The van der Waals surface area contributed by atoms with Crippen LogP contribution in [0.2, 0.25) is 0 Å². The predicted octanol–water partition coefficient (Wildman–Crippen LogP) is -0.000700. The zero-order chi connectivity index (χ0) is 14.4. The van der Waals surface area contributed by atoms with Crippen molar-refractivity contribution in [3.05, 3.63) is 32.6 Å². The van der Waals surface area contributed by atoms with Crippen LogP contribution in [-0.2, 0) is 0 Å². The second kappa shape index (κ2) is 6.50. The van der Waals surface area contributed by atoms with E-state index in [0.717, 1.165) is 20.0 Å². The molecule has 19 heavy (non-hydrogen) atoms. The van der Waals surface area contributed by atoms with Crippen LogP contribution in [0.1, 0.15) is 12.8 Å². The maximum Gasteiger partial charge on any atom is 0.375 e. The van der Waals surface area contributed by atoms with Crippen LogP contribution in [0, 0.1) is 10.1 Å². The summed E-state index contributed by atoms with van der Waals surface area (Å²) in [4.78, 5) is 27.3. The topological polar surface area (TPSA) is 147 Å². The molecule has 0 aromatic carbocycles. The van der Waals surface area contributed by atoms with E-state index < -0.39 is 16.2 Å². The number of allylic oxidation sites excluding steroid dienone is 1. The van der Waals surface area contributed by atoms with Gasteiger partial charge in [-0.2, -0.15) is 4.98 Å². The van der Waals surface area contributed by atoms with E-state index in [1.165, 1.54) is 0 Å². The van der Waals surface area contributed by atoms with Gasteiger partial charge in [-0.15, -0.1) is 0 Å². The van der Waals surface area contributed by atoms with Crippen LogP contribution < -0.4 is 16.6 Å². The molecule has 1 aliphatic rings. The van der Waals surface area contributed by atoms with Gasteiger partial charge < -0.3 is 16.2 Å². The highest BCUT2D eigenvalue weighted by Gasteiger charge is 2.23. The first-order chi connectivity index (χ1) is 9.08. The average Bonchev–Trinajstić information content (AvgIpc) is 2.83. The summed E-state index contributed by atoms with van der Waals surface area (Å²) in [6.45, 7) is 0. The highest BCUT2D eigenvalue weighted by Crippen LogP contribution is 2.21. The first-order valence-electron chi connectivity index (χ1n) is 5.50. The van der Waals surface area contributed by atoms with E-state index in [1.54, 1.807) is 0 Å². The highest BCUT2D eigenvalue weighted by atomic mass is 16.6. The molecule has 9 heteroatoms. The van der Waals surface area contributed by atoms with Crippen LogP contribution in [0.4, 0.5) is 17.5 Å². The molecule has 1 aromatic rings. The Hall–Kier alpha value is -2.42. The molecule has 0 saturated heterocycles. The molecule has 0 aliphatic heterocycles. The van der Waals surface area contributed by atoms with Crippen LogP contribution in [-0.4, -0.2) is 33.1 Å². The van der Waals surface area contributed by atoms with Crippen LogP contribution in [0.5, 0.6) is 0 Å². The van der Waals surface area contributed by atoms with Gasteiger partial charge in [-0.3, -0.25) is 19.9 Å². The fourth-order valence-corrected chi connectivity index (χ4v) is 1.68. The van der Waals surface area contributed by atoms with Gasteiger partial charge in [-0.05, 0) is 12.8 Å². The van der Waals surface area contributed by atoms with Crippen molar-refractivity contribution in [2.24, 2.45) is 0 Å². The second-order valence-electron chi connectivity index (χ2n) is 3.66. The number of nitrogen functional groups attached to an aromatic ring is 1. The molecule has 1 atom stereocenters. The normalized spacial score (nSPS) is 16.6. The number of anilines is 2.